The molecule has 0 aliphatic rings. The number of unbranched alkanes of at least 4 members (excludes halogenated alkanes) is 2. The fraction of sp³-hybridized carbons (Fsp3) is 0.400. The van der Waals surface area contributed by atoms with Crippen LogP contribution in [0.25, 0.3) is 0 Å². The molecule has 0 aromatic heterocycles. The number of rotatable bonds is 9. The second-order valence-electron chi connectivity index (χ2n) is 8.80. The Hall–Kier alpha value is -3.42. The highest BCUT2D eigenvalue weighted by molar-refractivity contribution is 5.97. The molecule has 0 spiro atoms. The van der Waals surface area contributed by atoms with Gasteiger partial charge in [0.2, 0.25) is 5.91 Å². The molecule has 0 aliphatic carbocycles. The van der Waals surface area contributed by atoms with E-state index in [-0.39, 0.29) is 29.6 Å². The lowest BCUT2D eigenvalue weighted by Crippen LogP contribution is -2.27. The van der Waals surface area contributed by atoms with E-state index in [4.69, 9.17) is 4.74 Å². The lowest BCUT2D eigenvalue weighted by Gasteiger charge is -2.20. The molecule has 8 heteroatoms. The van der Waals surface area contributed by atoms with Crippen LogP contribution < -0.4 is 16.0 Å². The van der Waals surface area contributed by atoms with Gasteiger partial charge in [0.05, 0.1) is 11.4 Å². The number of carbonyl (C=O) groups is 3. The summed E-state index contributed by atoms with van der Waals surface area (Å²) in [6, 6.07) is 11.0. The van der Waals surface area contributed by atoms with Crippen molar-refractivity contribution in [2.75, 3.05) is 17.2 Å². The Bertz CT molecular complexity index is 969. The van der Waals surface area contributed by atoms with Crippen molar-refractivity contribution in [2.24, 2.45) is 0 Å². The number of benzene rings is 2. The molecule has 0 saturated carbocycles. The molecule has 0 atom stereocenters. The van der Waals surface area contributed by atoms with Crippen molar-refractivity contribution in [3.63, 3.8) is 0 Å². The summed E-state index contributed by atoms with van der Waals surface area (Å²) in [5.74, 6) is -0.954. The predicted molar refractivity (Wildman–Crippen MR) is 127 cm³/mol. The minimum absolute atomic E-state index is 0.121. The molecule has 0 fully saturated rings. The molecule has 178 valence electrons. The molecule has 2 rings (SSSR count). The van der Waals surface area contributed by atoms with Crippen molar-refractivity contribution in [3.8, 4) is 0 Å². The van der Waals surface area contributed by atoms with Gasteiger partial charge < -0.3 is 15.4 Å². The number of aryl methyl sites for hydroxylation is 1. The van der Waals surface area contributed by atoms with Crippen molar-refractivity contribution in [1.82, 2.24) is 5.32 Å². The zero-order valence-corrected chi connectivity index (χ0v) is 19.6. The number of amides is 3. The van der Waals surface area contributed by atoms with E-state index in [9.17, 15) is 18.8 Å². The summed E-state index contributed by atoms with van der Waals surface area (Å²) in [5, 5.41) is 8.02. The van der Waals surface area contributed by atoms with Gasteiger partial charge in [-0.15, -0.1) is 0 Å². The van der Waals surface area contributed by atoms with Crippen molar-refractivity contribution < 1.29 is 23.5 Å². The molecule has 33 heavy (non-hydrogen) atoms. The highest BCUT2D eigenvalue weighted by atomic mass is 19.1. The average molecular weight is 458 g/mol. The van der Waals surface area contributed by atoms with Gasteiger partial charge in [-0.05, 0) is 70.9 Å². The first-order valence-electron chi connectivity index (χ1n) is 11.0. The van der Waals surface area contributed by atoms with Crippen LogP contribution in [-0.2, 0) is 9.53 Å². The Balaban J connectivity index is 1.74. The number of halogens is 1. The molecule has 3 N–H and O–H groups in total. The maximum atomic E-state index is 13.7. The van der Waals surface area contributed by atoms with Crippen LogP contribution in [0.3, 0.4) is 0 Å². The molecule has 0 aliphatic heterocycles. The van der Waals surface area contributed by atoms with Crippen LogP contribution in [-0.4, -0.2) is 30.1 Å². The maximum absolute atomic E-state index is 13.7. The Labute approximate surface area is 194 Å². The third-order valence-corrected chi connectivity index (χ3v) is 4.57. The van der Waals surface area contributed by atoms with Crippen LogP contribution in [0.5, 0.6) is 0 Å². The molecular weight excluding hydrogens is 425 g/mol. The SMILES string of the molecule is Cc1ccc(C(=O)NCCCCCC(=O)Nc2cc(F)ccc2NC(=O)OC(C)(C)C)cc1. The third kappa shape index (κ3) is 9.72. The summed E-state index contributed by atoms with van der Waals surface area (Å²) in [6.45, 7) is 7.67. The average Bonchev–Trinajstić information content (AvgIpc) is 2.71. The fourth-order valence-corrected chi connectivity index (χ4v) is 2.95. The van der Waals surface area contributed by atoms with Crippen molar-refractivity contribution in [3.05, 3.63) is 59.4 Å². The monoisotopic (exact) mass is 457 g/mol. The molecular formula is C25H32FN3O4. The number of hydrogen-bond acceptors (Lipinski definition) is 4. The second kappa shape index (κ2) is 12.0. The van der Waals surface area contributed by atoms with E-state index < -0.39 is 17.5 Å². The summed E-state index contributed by atoms with van der Waals surface area (Å²) >= 11 is 0. The van der Waals surface area contributed by atoms with Gasteiger partial charge in [0.25, 0.3) is 5.91 Å². The van der Waals surface area contributed by atoms with E-state index in [0.29, 0.717) is 18.5 Å². The highest BCUT2D eigenvalue weighted by Gasteiger charge is 2.18. The van der Waals surface area contributed by atoms with Crippen LogP contribution in [0, 0.1) is 12.7 Å². The van der Waals surface area contributed by atoms with E-state index in [1.165, 1.54) is 12.1 Å². The van der Waals surface area contributed by atoms with E-state index in [0.717, 1.165) is 24.5 Å². The standard InChI is InChI=1S/C25H32FN3O4/c1-17-9-11-18(12-10-17)23(31)27-15-7-5-6-8-22(30)28-21-16-19(26)13-14-20(21)29-24(32)33-25(2,3)4/h9-14,16H,5-8,15H2,1-4H3,(H,27,31)(H,28,30)(H,29,32). The molecule has 2 aromatic rings. The van der Waals surface area contributed by atoms with Crippen LogP contribution in [0.2, 0.25) is 0 Å². The molecule has 0 radical (unpaired) electrons. The highest BCUT2D eigenvalue weighted by Crippen LogP contribution is 2.24. The van der Waals surface area contributed by atoms with Crippen LogP contribution in [0.1, 0.15) is 62.4 Å². The Morgan fingerprint density at radius 3 is 2.27 bits per heavy atom. The number of ether oxygens (including phenoxy) is 1. The first-order valence-corrected chi connectivity index (χ1v) is 11.0. The zero-order chi connectivity index (χ0) is 24.4. The Kier molecular flexibility index (Phi) is 9.39. The van der Waals surface area contributed by atoms with Gasteiger partial charge in [-0.1, -0.05) is 24.1 Å². The largest absolute Gasteiger partial charge is 0.444 e. The molecule has 7 nitrogen and oxygen atoms in total. The summed E-state index contributed by atoms with van der Waals surface area (Å²) in [5.41, 5.74) is 1.43. The van der Waals surface area contributed by atoms with Gasteiger partial charge in [-0.2, -0.15) is 0 Å². The summed E-state index contributed by atoms with van der Waals surface area (Å²) in [7, 11) is 0. The minimum Gasteiger partial charge on any atom is -0.444 e. The van der Waals surface area contributed by atoms with Crippen molar-refractivity contribution in [2.45, 2.75) is 59.0 Å². The maximum Gasteiger partial charge on any atom is 0.412 e. The lowest BCUT2D eigenvalue weighted by molar-refractivity contribution is -0.116. The van der Waals surface area contributed by atoms with Crippen molar-refractivity contribution >= 4 is 29.3 Å². The lowest BCUT2D eigenvalue weighted by atomic mass is 10.1. The third-order valence-electron chi connectivity index (χ3n) is 4.57. The quantitative estimate of drug-likeness (QED) is 0.439. The summed E-state index contributed by atoms with van der Waals surface area (Å²) in [4.78, 5) is 36.4. The summed E-state index contributed by atoms with van der Waals surface area (Å²) < 4.78 is 18.9. The van der Waals surface area contributed by atoms with Gasteiger partial charge in [0, 0.05) is 18.5 Å². The van der Waals surface area contributed by atoms with Crippen LogP contribution >= 0.6 is 0 Å². The zero-order valence-electron chi connectivity index (χ0n) is 19.6. The number of hydrogen-bond donors (Lipinski definition) is 3. The first kappa shape index (κ1) is 25.8. The van der Waals surface area contributed by atoms with E-state index in [2.05, 4.69) is 16.0 Å². The molecule has 0 saturated heterocycles. The topological polar surface area (TPSA) is 96.5 Å². The van der Waals surface area contributed by atoms with E-state index in [1.54, 1.807) is 32.9 Å². The molecule has 0 unspecified atom stereocenters. The summed E-state index contributed by atoms with van der Waals surface area (Å²) in [6.07, 6.45) is 1.62. The fourth-order valence-electron chi connectivity index (χ4n) is 2.95. The smallest absolute Gasteiger partial charge is 0.412 e. The van der Waals surface area contributed by atoms with Crippen molar-refractivity contribution in [1.29, 1.82) is 0 Å². The van der Waals surface area contributed by atoms with Gasteiger partial charge >= 0.3 is 6.09 Å². The Morgan fingerprint density at radius 2 is 1.61 bits per heavy atom. The van der Waals surface area contributed by atoms with Gasteiger partial charge in [0.1, 0.15) is 11.4 Å². The van der Waals surface area contributed by atoms with E-state index in [1.807, 2.05) is 19.1 Å². The van der Waals surface area contributed by atoms with Gasteiger partial charge in [-0.25, -0.2) is 9.18 Å². The molecule has 0 bridgehead atoms. The van der Waals surface area contributed by atoms with Crippen LogP contribution in [0.4, 0.5) is 20.6 Å². The minimum atomic E-state index is -0.697. The molecule has 0 heterocycles. The van der Waals surface area contributed by atoms with Gasteiger partial charge in [0.15, 0.2) is 0 Å². The van der Waals surface area contributed by atoms with E-state index >= 15 is 0 Å². The molecule has 3 amide bonds. The number of anilines is 2. The second-order valence-corrected chi connectivity index (χ2v) is 8.80. The normalized spacial score (nSPS) is 10.9. The van der Waals surface area contributed by atoms with Crippen LogP contribution in [0.15, 0.2) is 42.5 Å². The number of carbonyl (C=O) groups excluding carboxylic acids is 3. The first-order chi connectivity index (χ1) is 15.5. The van der Waals surface area contributed by atoms with Gasteiger partial charge in [-0.3, -0.25) is 14.9 Å². The predicted octanol–water partition coefficient (Wildman–Crippen LogP) is 5.41. The Morgan fingerprint density at radius 1 is 0.909 bits per heavy atom. The molecule has 2 aromatic carbocycles. The number of nitrogens with one attached hydrogen (secondary N) is 3.